The molecule has 1 aromatic rings. The van der Waals surface area contributed by atoms with E-state index in [2.05, 4.69) is 27.7 Å². The summed E-state index contributed by atoms with van der Waals surface area (Å²) in [4.78, 5) is 0. The first-order valence-corrected chi connectivity index (χ1v) is 8.88. The van der Waals surface area contributed by atoms with Gasteiger partial charge in [-0.2, -0.15) is 13.2 Å². The van der Waals surface area contributed by atoms with Crippen LogP contribution in [0.15, 0.2) is 24.3 Å². The minimum atomic E-state index is -4.28. The Kier molecular flexibility index (Phi) is 4.66. The van der Waals surface area contributed by atoms with Crippen LogP contribution in [0.4, 0.5) is 13.2 Å². The van der Waals surface area contributed by atoms with Crippen molar-refractivity contribution in [2.24, 2.45) is 5.41 Å². The zero-order chi connectivity index (χ0) is 15.9. The van der Waals surface area contributed by atoms with Gasteiger partial charge in [-0.1, -0.05) is 32.9 Å². The standard InChI is InChI=1S/C16H21F3S2/c1-14(2,3)13-8-9-20-15(4,21-13)11-6-5-7-12(10-11)16(17,18)19/h5-7,10,13H,8-9H2,1-4H3/t13?,15-/m0/s1. The van der Waals surface area contributed by atoms with E-state index < -0.39 is 11.7 Å². The van der Waals surface area contributed by atoms with E-state index in [0.29, 0.717) is 5.25 Å². The Morgan fingerprint density at radius 2 is 1.86 bits per heavy atom. The number of benzene rings is 1. The molecule has 1 aromatic carbocycles. The second-order valence-corrected chi connectivity index (χ2v) is 10.0. The number of alkyl halides is 3. The number of rotatable bonds is 1. The molecule has 1 unspecified atom stereocenters. The van der Waals surface area contributed by atoms with Crippen LogP contribution in [-0.4, -0.2) is 11.0 Å². The molecule has 0 aliphatic carbocycles. The highest BCUT2D eigenvalue weighted by Gasteiger charge is 2.40. The molecule has 0 radical (unpaired) electrons. The molecule has 0 aromatic heterocycles. The smallest absolute Gasteiger partial charge is 0.166 e. The maximum absolute atomic E-state index is 12.9. The van der Waals surface area contributed by atoms with Gasteiger partial charge < -0.3 is 0 Å². The molecule has 0 saturated carbocycles. The molecule has 1 heterocycles. The van der Waals surface area contributed by atoms with Gasteiger partial charge >= 0.3 is 6.18 Å². The fourth-order valence-corrected chi connectivity index (χ4v) is 5.92. The van der Waals surface area contributed by atoms with Crippen LogP contribution in [0, 0.1) is 5.41 Å². The Hall–Kier alpha value is -0.290. The molecule has 1 fully saturated rings. The quantitative estimate of drug-likeness (QED) is 0.603. The molecule has 1 saturated heterocycles. The number of hydrogen-bond donors (Lipinski definition) is 0. The van der Waals surface area contributed by atoms with Crippen molar-refractivity contribution in [2.45, 2.75) is 49.6 Å². The maximum Gasteiger partial charge on any atom is 0.416 e. The number of hydrogen-bond acceptors (Lipinski definition) is 2. The van der Waals surface area contributed by atoms with E-state index in [9.17, 15) is 13.2 Å². The summed E-state index contributed by atoms with van der Waals surface area (Å²) in [5, 5.41) is 0.457. The Morgan fingerprint density at radius 3 is 2.43 bits per heavy atom. The van der Waals surface area contributed by atoms with Crippen molar-refractivity contribution in [3.05, 3.63) is 35.4 Å². The second-order valence-electron chi connectivity index (χ2n) is 6.63. The largest absolute Gasteiger partial charge is 0.416 e. The van der Waals surface area contributed by atoms with Gasteiger partial charge in [0, 0.05) is 5.25 Å². The van der Waals surface area contributed by atoms with Crippen molar-refractivity contribution in [2.75, 3.05) is 5.75 Å². The van der Waals surface area contributed by atoms with Crippen LogP contribution in [0.25, 0.3) is 0 Å². The Labute approximate surface area is 133 Å². The third kappa shape index (κ3) is 3.92. The van der Waals surface area contributed by atoms with Crippen molar-refractivity contribution >= 4 is 23.5 Å². The van der Waals surface area contributed by atoms with E-state index in [1.165, 1.54) is 12.1 Å². The lowest BCUT2D eigenvalue weighted by Gasteiger charge is -2.43. The fraction of sp³-hybridized carbons (Fsp3) is 0.625. The summed E-state index contributed by atoms with van der Waals surface area (Å²) >= 11 is 3.56. The zero-order valence-electron chi connectivity index (χ0n) is 12.8. The molecule has 0 N–H and O–H groups in total. The molecule has 2 atom stereocenters. The fourth-order valence-electron chi connectivity index (χ4n) is 2.46. The van der Waals surface area contributed by atoms with Gasteiger partial charge in [0.1, 0.15) is 0 Å². The van der Waals surface area contributed by atoms with Crippen molar-refractivity contribution in [3.8, 4) is 0 Å². The summed E-state index contributed by atoms with van der Waals surface area (Å²) in [6.45, 7) is 8.66. The van der Waals surface area contributed by atoms with Gasteiger partial charge in [-0.25, -0.2) is 0 Å². The summed E-state index contributed by atoms with van der Waals surface area (Å²) in [5.74, 6) is 0.988. The summed E-state index contributed by atoms with van der Waals surface area (Å²) in [6.07, 6.45) is -3.17. The van der Waals surface area contributed by atoms with Gasteiger partial charge in [-0.3, -0.25) is 0 Å². The molecule has 0 nitrogen and oxygen atoms in total. The maximum atomic E-state index is 12.9. The summed E-state index contributed by atoms with van der Waals surface area (Å²) < 4.78 is 38.4. The van der Waals surface area contributed by atoms with Crippen molar-refractivity contribution in [1.82, 2.24) is 0 Å². The molecule has 0 amide bonds. The van der Waals surface area contributed by atoms with Gasteiger partial charge in [0.15, 0.2) is 0 Å². The Morgan fingerprint density at radius 1 is 1.19 bits per heavy atom. The van der Waals surface area contributed by atoms with Crippen molar-refractivity contribution in [3.63, 3.8) is 0 Å². The first-order chi connectivity index (χ1) is 9.52. The normalized spacial score (nSPS) is 27.7. The lowest BCUT2D eigenvalue weighted by molar-refractivity contribution is -0.137. The molecule has 0 bridgehead atoms. The summed E-state index contributed by atoms with van der Waals surface area (Å²) in [5.41, 5.74) is 0.371. The van der Waals surface area contributed by atoms with Crippen LogP contribution < -0.4 is 0 Å². The lowest BCUT2D eigenvalue weighted by Crippen LogP contribution is -2.33. The number of halogens is 3. The van der Waals surface area contributed by atoms with E-state index >= 15 is 0 Å². The molecular weight excluding hydrogens is 313 g/mol. The van der Waals surface area contributed by atoms with Gasteiger partial charge in [-0.05, 0) is 42.2 Å². The molecule has 2 rings (SSSR count). The molecular formula is C16H21F3S2. The number of thioether (sulfide) groups is 2. The predicted octanol–water partition coefficient (Wildman–Crippen LogP) is 6.16. The highest BCUT2D eigenvalue weighted by atomic mass is 32.2. The Balaban J connectivity index is 2.31. The van der Waals surface area contributed by atoms with E-state index in [1.54, 1.807) is 11.8 Å². The van der Waals surface area contributed by atoms with E-state index in [0.717, 1.165) is 23.8 Å². The van der Waals surface area contributed by atoms with Crippen LogP contribution in [0.2, 0.25) is 0 Å². The Bertz CT molecular complexity index is 505. The summed E-state index contributed by atoms with van der Waals surface area (Å²) in [7, 11) is 0. The van der Waals surface area contributed by atoms with E-state index in [-0.39, 0.29) is 9.49 Å². The monoisotopic (exact) mass is 334 g/mol. The van der Waals surface area contributed by atoms with Crippen LogP contribution in [-0.2, 0) is 10.3 Å². The average Bonchev–Trinajstić information content (AvgIpc) is 2.37. The third-order valence-corrected chi connectivity index (χ3v) is 7.59. The first kappa shape index (κ1) is 17.1. The van der Waals surface area contributed by atoms with Gasteiger partial charge in [0.2, 0.25) is 0 Å². The predicted molar refractivity (Wildman–Crippen MR) is 86.7 cm³/mol. The van der Waals surface area contributed by atoms with Gasteiger partial charge in [0.05, 0.1) is 9.64 Å². The van der Waals surface area contributed by atoms with Crippen molar-refractivity contribution < 1.29 is 13.2 Å². The third-order valence-electron chi connectivity index (χ3n) is 3.80. The molecule has 21 heavy (non-hydrogen) atoms. The van der Waals surface area contributed by atoms with Gasteiger partial charge in [0.25, 0.3) is 0 Å². The van der Waals surface area contributed by atoms with E-state index in [4.69, 9.17) is 0 Å². The molecule has 1 aliphatic heterocycles. The first-order valence-electron chi connectivity index (χ1n) is 7.02. The summed E-state index contributed by atoms with van der Waals surface area (Å²) in [6, 6.07) is 5.79. The van der Waals surface area contributed by atoms with Crippen molar-refractivity contribution in [1.29, 1.82) is 0 Å². The van der Waals surface area contributed by atoms with Crippen LogP contribution >= 0.6 is 23.5 Å². The van der Waals surface area contributed by atoms with E-state index in [1.807, 2.05) is 17.8 Å². The highest BCUT2D eigenvalue weighted by molar-refractivity contribution is 8.18. The minimum absolute atomic E-state index is 0.161. The van der Waals surface area contributed by atoms with Crippen LogP contribution in [0.5, 0.6) is 0 Å². The van der Waals surface area contributed by atoms with Crippen LogP contribution in [0.1, 0.15) is 45.2 Å². The average molecular weight is 334 g/mol. The second kappa shape index (κ2) is 5.73. The minimum Gasteiger partial charge on any atom is -0.166 e. The molecule has 5 heteroatoms. The highest BCUT2D eigenvalue weighted by Crippen LogP contribution is 2.56. The molecule has 1 aliphatic rings. The van der Waals surface area contributed by atoms with Crippen LogP contribution in [0.3, 0.4) is 0 Å². The molecule has 0 spiro atoms. The molecule has 118 valence electrons. The lowest BCUT2D eigenvalue weighted by atomic mass is 9.90. The van der Waals surface area contributed by atoms with Gasteiger partial charge in [-0.15, -0.1) is 23.5 Å². The zero-order valence-corrected chi connectivity index (χ0v) is 14.4. The topological polar surface area (TPSA) is 0 Å². The SMILES string of the molecule is CC(C)(C)C1CCS[C@](C)(c2cccc(C(F)(F)F)c2)S1.